The zero-order valence-electron chi connectivity index (χ0n) is 8.03. The molecule has 0 aromatic carbocycles. The Bertz CT molecular complexity index is 322. The van der Waals surface area contributed by atoms with Gasteiger partial charge in [0, 0.05) is 5.92 Å². The Balaban J connectivity index is 2.83. The number of rotatable bonds is 2. The summed E-state index contributed by atoms with van der Waals surface area (Å²) in [7, 11) is 0. The van der Waals surface area contributed by atoms with Crippen LogP contribution < -0.4 is 0 Å². The van der Waals surface area contributed by atoms with Gasteiger partial charge >= 0.3 is 6.18 Å². The molecule has 0 saturated heterocycles. The quantitative estimate of drug-likeness (QED) is 0.708. The van der Waals surface area contributed by atoms with Gasteiger partial charge in [-0.2, -0.15) is 13.2 Å². The third-order valence-electron chi connectivity index (χ3n) is 2.75. The monoisotopic (exact) mass is 304 g/mol. The molecule has 0 spiro atoms. The summed E-state index contributed by atoms with van der Waals surface area (Å²) in [6.45, 7) is 3.44. The van der Waals surface area contributed by atoms with Gasteiger partial charge in [-0.05, 0) is 38.9 Å². The average Bonchev–Trinajstić information content (AvgIpc) is 2.50. The number of allylic oxidation sites excluding steroid dienone is 2. The van der Waals surface area contributed by atoms with Crippen LogP contribution in [0.25, 0.3) is 0 Å². The summed E-state index contributed by atoms with van der Waals surface area (Å²) in [6, 6.07) is 0. The van der Waals surface area contributed by atoms with Gasteiger partial charge in [-0.15, -0.1) is 0 Å². The first-order chi connectivity index (χ1) is 6.58. The zero-order chi connectivity index (χ0) is 12.0. The van der Waals surface area contributed by atoms with Crippen LogP contribution >= 0.6 is 27.5 Å². The third-order valence-corrected chi connectivity index (χ3v) is 3.70. The second-order valence-electron chi connectivity index (χ2n) is 4.14. The molecule has 2 atom stereocenters. The summed E-state index contributed by atoms with van der Waals surface area (Å²) >= 11 is 7.74. The molecule has 1 aliphatic rings. The first-order valence-electron chi connectivity index (χ1n) is 4.22. The Hall–Kier alpha value is -0.0300. The van der Waals surface area contributed by atoms with Crippen LogP contribution in [0.15, 0.2) is 10.6 Å². The fraction of sp³-hybridized carbons (Fsp3) is 0.667. The van der Waals surface area contributed by atoms with E-state index in [-0.39, 0.29) is 0 Å². The van der Waals surface area contributed by atoms with Crippen molar-refractivity contribution >= 4 is 32.8 Å². The average molecular weight is 306 g/mol. The molecule has 15 heavy (non-hydrogen) atoms. The van der Waals surface area contributed by atoms with Gasteiger partial charge in [0.1, 0.15) is 0 Å². The molecule has 2 unspecified atom stereocenters. The molecule has 0 N–H and O–H groups in total. The van der Waals surface area contributed by atoms with Crippen molar-refractivity contribution in [3.8, 4) is 0 Å². The number of carbonyl (C=O) groups excluding carboxylic acids is 1. The summed E-state index contributed by atoms with van der Waals surface area (Å²) in [6.07, 6.45) is -3.39. The van der Waals surface area contributed by atoms with E-state index in [9.17, 15) is 18.0 Å². The Morgan fingerprint density at radius 3 is 2.20 bits per heavy atom. The molecular weight excluding hydrogens is 296 g/mol. The van der Waals surface area contributed by atoms with Crippen molar-refractivity contribution < 1.29 is 18.0 Å². The second-order valence-corrected chi connectivity index (χ2v) is 5.37. The van der Waals surface area contributed by atoms with Gasteiger partial charge in [-0.25, -0.2) is 0 Å². The van der Waals surface area contributed by atoms with E-state index >= 15 is 0 Å². The second kappa shape index (κ2) is 3.77. The lowest BCUT2D eigenvalue weighted by Gasteiger charge is -2.04. The number of alkyl halides is 3. The van der Waals surface area contributed by atoms with Gasteiger partial charge in [0.05, 0.1) is 4.48 Å². The SMILES string of the molecule is CC1(C)C(C=C(Br)C(F)(F)F)C1C(=O)Cl. The molecule has 0 aliphatic heterocycles. The summed E-state index contributed by atoms with van der Waals surface area (Å²) in [5.41, 5.74) is -0.483. The summed E-state index contributed by atoms with van der Waals surface area (Å²) in [4.78, 5) is 10.9. The number of carbonyl (C=O) groups is 1. The van der Waals surface area contributed by atoms with Crippen LogP contribution in [0.4, 0.5) is 13.2 Å². The molecule has 0 heterocycles. The van der Waals surface area contributed by atoms with Crippen molar-refractivity contribution in [1.82, 2.24) is 0 Å². The van der Waals surface area contributed by atoms with Gasteiger partial charge in [0.2, 0.25) is 5.24 Å². The lowest BCUT2D eigenvalue weighted by molar-refractivity contribution is -0.113. The highest BCUT2D eigenvalue weighted by molar-refractivity contribution is 9.11. The highest BCUT2D eigenvalue weighted by Gasteiger charge is 2.60. The Kier molecular flexibility index (Phi) is 3.28. The predicted octanol–water partition coefficient (Wildman–Crippen LogP) is 3.87. The lowest BCUT2D eigenvalue weighted by Crippen LogP contribution is -2.07. The molecule has 0 radical (unpaired) electrons. The minimum absolute atomic E-state index is 0.446. The van der Waals surface area contributed by atoms with Crippen molar-refractivity contribution in [3.05, 3.63) is 10.6 Å². The topological polar surface area (TPSA) is 17.1 Å². The Labute approximate surface area is 98.8 Å². The number of halogens is 5. The van der Waals surface area contributed by atoms with E-state index in [1.807, 2.05) is 0 Å². The fourth-order valence-electron chi connectivity index (χ4n) is 1.67. The van der Waals surface area contributed by atoms with Crippen molar-refractivity contribution in [3.63, 3.8) is 0 Å². The lowest BCUT2D eigenvalue weighted by atomic mass is 10.1. The maximum absolute atomic E-state index is 12.2. The van der Waals surface area contributed by atoms with Gasteiger partial charge in [0.15, 0.2) is 0 Å². The number of hydrogen-bond acceptors (Lipinski definition) is 1. The smallest absolute Gasteiger partial charge is 0.281 e. The predicted molar refractivity (Wildman–Crippen MR) is 54.7 cm³/mol. The summed E-state index contributed by atoms with van der Waals surface area (Å²) in [5, 5.41) is -0.580. The summed E-state index contributed by atoms with van der Waals surface area (Å²) < 4.78 is 35.7. The largest absolute Gasteiger partial charge is 0.422 e. The molecule has 6 heteroatoms. The van der Waals surface area contributed by atoms with E-state index in [4.69, 9.17) is 11.6 Å². The fourth-order valence-corrected chi connectivity index (χ4v) is 2.38. The van der Waals surface area contributed by atoms with E-state index in [1.54, 1.807) is 13.8 Å². The maximum atomic E-state index is 12.2. The van der Waals surface area contributed by atoms with Crippen LogP contribution in [0, 0.1) is 17.3 Å². The zero-order valence-corrected chi connectivity index (χ0v) is 10.4. The Morgan fingerprint density at radius 1 is 1.47 bits per heavy atom. The molecule has 0 bridgehead atoms. The maximum Gasteiger partial charge on any atom is 0.422 e. The van der Waals surface area contributed by atoms with Gasteiger partial charge in [-0.3, -0.25) is 4.79 Å². The van der Waals surface area contributed by atoms with E-state index in [0.717, 1.165) is 6.08 Å². The van der Waals surface area contributed by atoms with E-state index in [1.165, 1.54) is 0 Å². The van der Waals surface area contributed by atoms with Crippen molar-refractivity contribution in [2.24, 2.45) is 17.3 Å². The molecule has 1 nitrogen and oxygen atoms in total. The molecule has 1 fully saturated rings. The molecule has 1 aliphatic carbocycles. The number of hydrogen-bond donors (Lipinski definition) is 0. The van der Waals surface area contributed by atoms with Crippen molar-refractivity contribution in [2.45, 2.75) is 20.0 Å². The minimum Gasteiger partial charge on any atom is -0.281 e. The normalized spacial score (nSPS) is 30.2. The van der Waals surface area contributed by atoms with E-state index in [2.05, 4.69) is 15.9 Å². The Morgan fingerprint density at radius 2 is 1.93 bits per heavy atom. The van der Waals surface area contributed by atoms with E-state index in [0.29, 0.717) is 0 Å². The highest BCUT2D eigenvalue weighted by atomic mass is 79.9. The van der Waals surface area contributed by atoms with E-state index < -0.39 is 33.2 Å². The van der Waals surface area contributed by atoms with Crippen LogP contribution in [0.1, 0.15) is 13.8 Å². The molecule has 1 saturated carbocycles. The first kappa shape index (κ1) is 13.0. The van der Waals surface area contributed by atoms with Crippen LogP contribution in [-0.2, 0) is 4.79 Å². The minimum atomic E-state index is -4.40. The van der Waals surface area contributed by atoms with Gasteiger partial charge in [-0.1, -0.05) is 19.9 Å². The highest BCUT2D eigenvalue weighted by Crippen LogP contribution is 2.60. The molecular formula is C9H9BrClF3O. The molecule has 0 aromatic heterocycles. The van der Waals surface area contributed by atoms with Crippen LogP contribution in [0.2, 0.25) is 0 Å². The molecule has 0 amide bonds. The van der Waals surface area contributed by atoms with Crippen LogP contribution in [0.5, 0.6) is 0 Å². The van der Waals surface area contributed by atoms with Crippen molar-refractivity contribution in [1.29, 1.82) is 0 Å². The summed E-state index contributed by atoms with van der Waals surface area (Å²) in [5.74, 6) is -0.965. The molecule has 86 valence electrons. The molecule has 1 rings (SSSR count). The standard InChI is InChI=1S/C9H9BrClF3O/c1-8(2)4(6(8)7(11)15)3-5(10)9(12,13)14/h3-4,6H,1-2H3. The van der Waals surface area contributed by atoms with Crippen LogP contribution in [0.3, 0.4) is 0 Å². The van der Waals surface area contributed by atoms with Gasteiger partial charge < -0.3 is 0 Å². The van der Waals surface area contributed by atoms with Gasteiger partial charge in [0.25, 0.3) is 0 Å². The van der Waals surface area contributed by atoms with Crippen LogP contribution in [-0.4, -0.2) is 11.4 Å². The third kappa shape index (κ3) is 2.56. The van der Waals surface area contributed by atoms with Crippen molar-refractivity contribution in [2.75, 3.05) is 0 Å². The first-order valence-corrected chi connectivity index (χ1v) is 5.39. The molecule has 0 aromatic rings.